The lowest BCUT2D eigenvalue weighted by atomic mass is 10.2. The van der Waals surface area contributed by atoms with E-state index in [4.69, 9.17) is 27.9 Å². The molecule has 0 spiro atoms. The van der Waals surface area contributed by atoms with Crippen LogP contribution >= 0.6 is 35.0 Å². The lowest BCUT2D eigenvalue weighted by Crippen LogP contribution is -2.14. The number of pyridine rings is 1. The number of ether oxygens (including phenoxy) is 1. The monoisotopic (exact) mass is 485 g/mol. The number of nitrogens with zero attached hydrogens (tertiary/aromatic N) is 4. The first kappa shape index (κ1) is 22.1. The summed E-state index contributed by atoms with van der Waals surface area (Å²) in [6, 6.07) is 16.1. The number of carbonyl (C=O) groups excluding carboxylic acids is 1. The third-order valence-corrected chi connectivity index (χ3v) is 5.75. The van der Waals surface area contributed by atoms with Gasteiger partial charge in [0.05, 0.1) is 12.9 Å². The number of hydrogen-bond donors (Lipinski definition) is 1. The van der Waals surface area contributed by atoms with Crippen LogP contribution in [-0.4, -0.2) is 38.5 Å². The second kappa shape index (κ2) is 10.0. The first-order chi connectivity index (χ1) is 15.5. The van der Waals surface area contributed by atoms with E-state index in [2.05, 4.69) is 20.5 Å². The number of halogens is 2. The van der Waals surface area contributed by atoms with E-state index in [1.807, 2.05) is 41.0 Å². The number of rotatable bonds is 7. The minimum absolute atomic E-state index is 0.120. The molecule has 0 aliphatic rings. The van der Waals surface area contributed by atoms with E-state index in [-0.39, 0.29) is 11.7 Å². The fraction of sp³-hybridized carbons (Fsp3) is 0.0909. The van der Waals surface area contributed by atoms with Gasteiger partial charge in [0.25, 0.3) is 0 Å². The largest absolute Gasteiger partial charge is 0.497 e. The molecule has 0 radical (unpaired) electrons. The second-order valence-corrected chi connectivity index (χ2v) is 8.39. The molecule has 4 rings (SSSR count). The van der Waals surface area contributed by atoms with Crippen LogP contribution in [0.15, 0.2) is 72.1 Å². The predicted molar refractivity (Wildman–Crippen MR) is 127 cm³/mol. The summed E-state index contributed by atoms with van der Waals surface area (Å²) in [4.78, 5) is 16.6. The van der Waals surface area contributed by atoms with E-state index in [1.165, 1.54) is 11.8 Å². The normalized spacial score (nSPS) is 10.7. The number of nitrogens with one attached hydrogen (secondary N) is 1. The van der Waals surface area contributed by atoms with Gasteiger partial charge in [0, 0.05) is 39.4 Å². The zero-order chi connectivity index (χ0) is 22.5. The highest BCUT2D eigenvalue weighted by Gasteiger charge is 2.17. The average Bonchev–Trinajstić information content (AvgIpc) is 3.21. The van der Waals surface area contributed by atoms with E-state index in [0.29, 0.717) is 26.7 Å². The van der Waals surface area contributed by atoms with Crippen molar-refractivity contribution in [2.75, 3.05) is 18.2 Å². The molecule has 1 amide bonds. The highest BCUT2D eigenvalue weighted by Crippen LogP contribution is 2.29. The molecule has 2 heterocycles. The van der Waals surface area contributed by atoms with Crippen molar-refractivity contribution in [1.82, 2.24) is 19.7 Å². The molecule has 0 saturated heterocycles. The van der Waals surface area contributed by atoms with Gasteiger partial charge in [0.1, 0.15) is 5.75 Å². The van der Waals surface area contributed by atoms with Crippen molar-refractivity contribution < 1.29 is 9.53 Å². The first-order valence-electron chi connectivity index (χ1n) is 9.42. The van der Waals surface area contributed by atoms with Crippen LogP contribution in [0.2, 0.25) is 10.0 Å². The summed E-state index contributed by atoms with van der Waals surface area (Å²) in [5, 5.41) is 12.9. The average molecular weight is 486 g/mol. The molecular weight excluding hydrogens is 469 g/mol. The van der Waals surface area contributed by atoms with Crippen LogP contribution in [0.5, 0.6) is 5.75 Å². The van der Waals surface area contributed by atoms with Crippen LogP contribution in [0, 0.1) is 0 Å². The Labute approximate surface area is 198 Å². The van der Waals surface area contributed by atoms with Gasteiger partial charge in [-0.2, -0.15) is 0 Å². The lowest BCUT2D eigenvalue weighted by Gasteiger charge is -2.11. The topological polar surface area (TPSA) is 81.9 Å². The van der Waals surface area contributed by atoms with Crippen LogP contribution in [0.3, 0.4) is 0 Å². The molecule has 7 nitrogen and oxygen atoms in total. The Morgan fingerprint density at radius 1 is 1.03 bits per heavy atom. The van der Waals surface area contributed by atoms with E-state index in [0.717, 1.165) is 17.0 Å². The maximum absolute atomic E-state index is 12.5. The van der Waals surface area contributed by atoms with Gasteiger partial charge in [-0.25, -0.2) is 0 Å². The molecule has 2 aromatic carbocycles. The number of methoxy groups -OCH3 is 1. The molecule has 0 saturated carbocycles. The molecule has 2 aromatic heterocycles. The maximum Gasteiger partial charge on any atom is 0.234 e. The van der Waals surface area contributed by atoms with Crippen LogP contribution in [0.25, 0.3) is 17.1 Å². The third-order valence-electron chi connectivity index (χ3n) is 4.38. The minimum atomic E-state index is -0.219. The van der Waals surface area contributed by atoms with Crippen LogP contribution < -0.4 is 10.1 Å². The zero-order valence-electron chi connectivity index (χ0n) is 16.8. The minimum Gasteiger partial charge on any atom is -0.497 e. The molecule has 0 bridgehead atoms. The van der Waals surface area contributed by atoms with Crippen molar-refractivity contribution in [2.45, 2.75) is 5.16 Å². The summed E-state index contributed by atoms with van der Waals surface area (Å²) >= 11 is 13.3. The lowest BCUT2D eigenvalue weighted by molar-refractivity contribution is -0.113. The number of aromatic nitrogens is 4. The third kappa shape index (κ3) is 5.21. The van der Waals surface area contributed by atoms with Gasteiger partial charge in [-0.15, -0.1) is 10.2 Å². The van der Waals surface area contributed by atoms with E-state index in [9.17, 15) is 4.79 Å². The smallest absolute Gasteiger partial charge is 0.234 e. The molecule has 0 unspecified atom stereocenters. The maximum atomic E-state index is 12.5. The molecule has 32 heavy (non-hydrogen) atoms. The Morgan fingerprint density at radius 3 is 2.38 bits per heavy atom. The van der Waals surface area contributed by atoms with Crippen molar-refractivity contribution >= 4 is 46.6 Å². The SMILES string of the molecule is COc1ccc(-n2c(SCC(=O)Nc3cc(Cl)cc(Cl)c3)nnc2-c2ccncc2)cc1. The Kier molecular flexibility index (Phi) is 6.94. The number of carbonyl (C=O) groups is 1. The van der Waals surface area contributed by atoms with Crippen molar-refractivity contribution in [3.05, 3.63) is 77.0 Å². The Balaban J connectivity index is 1.59. The van der Waals surface area contributed by atoms with Crippen molar-refractivity contribution in [2.24, 2.45) is 0 Å². The molecule has 0 aliphatic carbocycles. The molecule has 0 aliphatic heterocycles. The van der Waals surface area contributed by atoms with Crippen LogP contribution in [0.4, 0.5) is 5.69 Å². The summed E-state index contributed by atoms with van der Waals surface area (Å²) in [7, 11) is 1.61. The fourth-order valence-electron chi connectivity index (χ4n) is 2.97. The molecule has 10 heteroatoms. The summed E-state index contributed by atoms with van der Waals surface area (Å²) in [6.07, 6.45) is 3.39. The van der Waals surface area contributed by atoms with Crippen molar-refractivity contribution in [3.63, 3.8) is 0 Å². The molecule has 1 N–H and O–H groups in total. The zero-order valence-corrected chi connectivity index (χ0v) is 19.2. The van der Waals surface area contributed by atoms with Gasteiger partial charge in [-0.3, -0.25) is 14.3 Å². The Bertz CT molecular complexity index is 1210. The Hall–Kier alpha value is -3.07. The van der Waals surface area contributed by atoms with E-state index in [1.54, 1.807) is 37.7 Å². The van der Waals surface area contributed by atoms with E-state index >= 15 is 0 Å². The summed E-state index contributed by atoms with van der Waals surface area (Å²) in [5.41, 5.74) is 2.22. The van der Waals surface area contributed by atoms with Gasteiger partial charge in [-0.1, -0.05) is 35.0 Å². The number of amides is 1. The van der Waals surface area contributed by atoms with Gasteiger partial charge in [0.2, 0.25) is 5.91 Å². The van der Waals surface area contributed by atoms with Gasteiger partial charge < -0.3 is 10.1 Å². The van der Waals surface area contributed by atoms with Crippen molar-refractivity contribution in [3.8, 4) is 22.8 Å². The Morgan fingerprint density at radius 2 is 1.72 bits per heavy atom. The number of benzene rings is 2. The first-order valence-corrected chi connectivity index (χ1v) is 11.2. The fourth-order valence-corrected chi connectivity index (χ4v) is 4.25. The summed E-state index contributed by atoms with van der Waals surface area (Å²) in [5.74, 6) is 1.28. The summed E-state index contributed by atoms with van der Waals surface area (Å²) < 4.78 is 7.15. The van der Waals surface area contributed by atoms with Crippen LogP contribution in [-0.2, 0) is 4.79 Å². The van der Waals surface area contributed by atoms with Crippen molar-refractivity contribution in [1.29, 1.82) is 0 Å². The molecular formula is C22H17Cl2N5O2S. The molecule has 4 aromatic rings. The standard InChI is InChI=1S/C22H17Cl2N5O2S/c1-31-19-4-2-18(3-5-19)29-21(14-6-8-25-9-7-14)27-28-22(29)32-13-20(30)26-17-11-15(23)10-16(24)12-17/h2-12H,13H2,1H3,(H,26,30). The highest BCUT2D eigenvalue weighted by atomic mass is 35.5. The second-order valence-electron chi connectivity index (χ2n) is 6.57. The van der Waals surface area contributed by atoms with Gasteiger partial charge in [-0.05, 0) is 54.6 Å². The molecule has 0 fully saturated rings. The van der Waals surface area contributed by atoms with Gasteiger partial charge >= 0.3 is 0 Å². The quantitative estimate of drug-likeness (QED) is 0.354. The summed E-state index contributed by atoms with van der Waals surface area (Å²) in [6.45, 7) is 0. The molecule has 162 valence electrons. The van der Waals surface area contributed by atoms with Crippen LogP contribution in [0.1, 0.15) is 0 Å². The number of thioether (sulfide) groups is 1. The van der Waals surface area contributed by atoms with Gasteiger partial charge in [0.15, 0.2) is 11.0 Å². The number of hydrogen-bond acceptors (Lipinski definition) is 6. The highest BCUT2D eigenvalue weighted by molar-refractivity contribution is 7.99. The van der Waals surface area contributed by atoms with E-state index < -0.39 is 0 Å². The predicted octanol–water partition coefficient (Wildman–Crippen LogP) is 5.38. The molecule has 0 atom stereocenters. The number of anilines is 1.